The van der Waals surface area contributed by atoms with Crippen LogP contribution >= 0.6 is 11.3 Å². The predicted molar refractivity (Wildman–Crippen MR) is 70.9 cm³/mol. The van der Waals surface area contributed by atoms with Gasteiger partial charge in [-0.3, -0.25) is 0 Å². The molecule has 0 atom stereocenters. The van der Waals surface area contributed by atoms with E-state index in [1.165, 1.54) is 22.3 Å². The first-order valence-corrected chi connectivity index (χ1v) is 6.12. The highest BCUT2D eigenvalue weighted by Crippen LogP contribution is 2.34. The van der Waals surface area contributed by atoms with Gasteiger partial charge in [0, 0.05) is 5.56 Å². The molecule has 2 nitrogen and oxygen atoms in total. The van der Waals surface area contributed by atoms with Crippen molar-refractivity contribution in [1.82, 2.24) is 4.98 Å². The van der Waals surface area contributed by atoms with E-state index in [4.69, 9.17) is 5.73 Å². The largest absolute Gasteiger partial charge is 0.389 e. The molecule has 0 saturated heterocycles. The molecular formula is C13H16N2S. The summed E-state index contributed by atoms with van der Waals surface area (Å²) < 4.78 is 0. The van der Waals surface area contributed by atoms with Gasteiger partial charge in [0.1, 0.15) is 10.0 Å². The highest BCUT2D eigenvalue weighted by atomic mass is 32.1. The highest BCUT2D eigenvalue weighted by Gasteiger charge is 2.12. The van der Waals surface area contributed by atoms with Gasteiger partial charge >= 0.3 is 0 Å². The third kappa shape index (κ3) is 1.83. The lowest BCUT2D eigenvalue weighted by molar-refractivity contribution is 1.24. The Morgan fingerprint density at radius 2 is 1.62 bits per heavy atom. The van der Waals surface area contributed by atoms with Gasteiger partial charge in [-0.05, 0) is 38.8 Å². The normalized spacial score (nSPS) is 10.8. The monoisotopic (exact) mass is 232 g/mol. The standard InChI is InChI=1S/C13H16N2S/c1-7-5-8(2)11(9(3)6-7)13-15-10(4)12(14)16-13/h5-6H,14H2,1-4H3. The molecule has 1 aromatic carbocycles. The van der Waals surface area contributed by atoms with Gasteiger partial charge < -0.3 is 5.73 Å². The Morgan fingerprint density at radius 3 is 2.06 bits per heavy atom. The van der Waals surface area contributed by atoms with Crippen molar-refractivity contribution in [2.45, 2.75) is 27.7 Å². The second-order valence-electron chi connectivity index (χ2n) is 4.24. The Hall–Kier alpha value is -1.35. The molecule has 0 unspecified atom stereocenters. The number of hydrogen-bond acceptors (Lipinski definition) is 3. The van der Waals surface area contributed by atoms with Crippen LogP contribution in [-0.2, 0) is 0 Å². The average molecular weight is 232 g/mol. The Morgan fingerprint density at radius 1 is 1.06 bits per heavy atom. The van der Waals surface area contributed by atoms with Crippen LogP contribution in [0.15, 0.2) is 12.1 Å². The molecule has 16 heavy (non-hydrogen) atoms. The van der Waals surface area contributed by atoms with E-state index in [-0.39, 0.29) is 0 Å². The van der Waals surface area contributed by atoms with Gasteiger partial charge in [-0.15, -0.1) is 0 Å². The zero-order valence-corrected chi connectivity index (χ0v) is 10.9. The molecule has 2 aromatic rings. The van der Waals surface area contributed by atoms with Crippen molar-refractivity contribution < 1.29 is 0 Å². The number of nitrogen functional groups attached to an aromatic ring is 1. The van der Waals surface area contributed by atoms with E-state index in [1.807, 2.05) is 6.92 Å². The highest BCUT2D eigenvalue weighted by molar-refractivity contribution is 7.18. The molecule has 84 valence electrons. The topological polar surface area (TPSA) is 38.9 Å². The molecule has 0 bridgehead atoms. The SMILES string of the molecule is Cc1cc(C)c(-c2nc(C)c(N)s2)c(C)c1. The Bertz CT molecular complexity index is 498. The maximum atomic E-state index is 5.86. The maximum Gasteiger partial charge on any atom is 0.126 e. The third-order valence-corrected chi connectivity index (χ3v) is 3.73. The summed E-state index contributed by atoms with van der Waals surface area (Å²) in [4.78, 5) is 4.53. The van der Waals surface area contributed by atoms with E-state index in [1.54, 1.807) is 11.3 Å². The Balaban J connectivity index is 2.64. The molecule has 1 heterocycles. The van der Waals surface area contributed by atoms with Crippen LogP contribution in [0.1, 0.15) is 22.4 Å². The number of hydrogen-bond donors (Lipinski definition) is 1. The Labute approximate surface area is 100 Å². The van der Waals surface area contributed by atoms with Gasteiger partial charge in [-0.25, -0.2) is 4.98 Å². The van der Waals surface area contributed by atoms with Crippen molar-refractivity contribution >= 4 is 16.3 Å². The Kier molecular flexibility index (Phi) is 2.72. The van der Waals surface area contributed by atoms with Gasteiger partial charge in [-0.2, -0.15) is 0 Å². The van der Waals surface area contributed by atoms with E-state index in [0.717, 1.165) is 15.7 Å². The molecule has 0 saturated carbocycles. The lowest BCUT2D eigenvalue weighted by atomic mass is 10.0. The van der Waals surface area contributed by atoms with Crippen molar-refractivity contribution in [3.05, 3.63) is 34.5 Å². The van der Waals surface area contributed by atoms with Crippen LogP contribution < -0.4 is 5.73 Å². The number of nitrogens with two attached hydrogens (primary N) is 1. The molecule has 0 radical (unpaired) electrons. The number of anilines is 1. The van der Waals surface area contributed by atoms with Gasteiger partial charge in [-0.1, -0.05) is 29.0 Å². The maximum absolute atomic E-state index is 5.86. The first-order chi connectivity index (χ1) is 7.49. The summed E-state index contributed by atoms with van der Waals surface area (Å²) in [5, 5.41) is 1.85. The number of aromatic nitrogens is 1. The van der Waals surface area contributed by atoms with E-state index >= 15 is 0 Å². The predicted octanol–water partition coefficient (Wildman–Crippen LogP) is 3.63. The van der Waals surface area contributed by atoms with E-state index < -0.39 is 0 Å². The smallest absolute Gasteiger partial charge is 0.126 e. The number of rotatable bonds is 1. The van der Waals surface area contributed by atoms with E-state index in [0.29, 0.717) is 0 Å². The number of thiazole rings is 1. The van der Waals surface area contributed by atoms with Gasteiger partial charge in [0.25, 0.3) is 0 Å². The molecule has 2 rings (SSSR count). The zero-order valence-electron chi connectivity index (χ0n) is 10.1. The van der Waals surface area contributed by atoms with Crippen molar-refractivity contribution in [3.63, 3.8) is 0 Å². The van der Waals surface area contributed by atoms with Crippen molar-refractivity contribution in [3.8, 4) is 10.6 Å². The van der Waals surface area contributed by atoms with Gasteiger partial charge in [0.2, 0.25) is 0 Å². The molecule has 0 fully saturated rings. The van der Waals surface area contributed by atoms with Crippen LogP contribution in [0, 0.1) is 27.7 Å². The van der Waals surface area contributed by atoms with Crippen LogP contribution in [0.4, 0.5) is 5.00 Å². The lowest BCUT2D eigenvalue weighted by Crippen LogP contribution is -1.89. The number of nitrogens with zero attached hydrogens (tertiary/aromatic N) is 1. The van der Waals surface area contributed by atoms with Crippen LogP contribution in [0.3, 0.4) is 0 Å². The molecule has 0 aliphatic heterocycles. The summed E-state index contributed by atoms with van der Waals surface area (Å²) in [6.45, 7) is 8.32. The molecule has 0 aliphatic rings. The quantitative estimate of drug-likeness (QED) is 0.815. The van der Waals surface area contributed by atoms with Gasteiger partial charge in [0.05, 0.1) is 5.69 Å². The number of benzene rings is 1. The minimum atomic E-state index is 0.814. The van der Waals surface area contributed by atoms with Gasteiger partial charge in [0.15, 0.2) is 0 Å². The van der Waals surface area contributed by atoms with Crippen molar-refractivity contribution in [2.24, 2.45) is 0 Å². The van der Waals surface area contributed by atoms with Crippen molar-refractivity contribution in [1.29, 1.82) is 0 Å². The summed E-state index contributed by atoms with van der Waals surface area (Å²) in [5.41, 5.74) is 11.9. The van der Waals surface area contributed by atoms with Crippen LogP contribution in [-0.4, -0.2) is 4.98 Å². The molecule has 0 amide bonds. The molecule has 1 aromatic heterocycles. The molecule has 0 aliphatic carbocycles. The fraction of sp³-hybridized carbons (Fsp3) is 0.308. The minimum Gasteiger partial charge on any atom is -0.389 e. The van der Waals surface area contributed by atoms with Crippen LogP contribution in [0.25, 0.3) is 10.6 Å². The molecule has 3 heteroatoms. The molecular weight excluding hydrogens is 216 g/mol. The fourth-order valence-electron chi connectivity index (χ4n) is 2.03. The number of aryl methyl sites for hydroxylation is 4. The minimum absolute atomic E-state index is 0.814. The second-order valence-corrected chi connectivity index (χ2v) is 5.27. The van der Waals surface area contributed by atoms with Crippen molar-refractivity contribution in [2.75, 3.05) is 5.73 Å². The first-order valence-electron chi connectivity index (χ1n) is 5.30. The van der Waals surface area contributed by atoms with E-state index in [9.17, 15) is 0 Å². The second kappa shape index (κ2) is 3.91. The molecule has 2 N–H and O–H groups in total. The first kappa shape index (κ1) is 11.1. The fourth-order valence-corrected chi connectivity index (χ4v) is 3.04. The zero-order chi connectivity index (χ0) is 11.9. The summed E-state index contributed by atoms with van der Waals surface area (Å²) in [7, 11) is 0. The lowest BCUT2D eigenvalue weighted by Gasteiger charge is -2.08. The molecule has 0 spiro atoms. The summed E-state index contributed by atoms with van der Waals surface area (Å²) in [6, 6.07) is 4.38. The average Bonchev–Trinajstić information content (AvgIpc) is 2.44. The van der Waals surface area contributed by atoms with Crippen LogP contribution in [0.5, 0.6) is 0 Å². The summed E-state index contributed by atoms with van der Waals surface area (Å²) in [6.07, 6.45) is 0. The summed E-state index contributed by atoms with van der Waals surface area (Å²) in [5.74, 6) is 0. The van der Waals surface area contributed by atoms with E-state index in [2.05, 4.69) is 37.9 Å². The van der Waals surface area contributed by atoms with Crippen LogP contribution in [0.2, 0.25) is 0 Å². The summed E-state index contributed by atoms with van der Waals surface area (Å²) >= 11 is 1.57. The third-order valence-electron chi connectivity index (χ3n) is 2.72.